The van der Waals surface area contributed by atoms with E-state index in [-0.39, 0.29) is 11.5 Å². The molecule has 0 radical (unpaired) electrons. The van der Waals surface area contributed by atoms with Gasteiger partial charge in [0.25, 0.3) is 0 Å². The second-order valence-corrected chi connectivity index (χ2v) is 3.98. The van der Waals surface area contributed by atoms with E-state index >= 15 is 0 Å². The van der Waals surface area contributed by atoms with Crippen LogP contribution in [0.15, 0.2) is 0 Å². The van der Waals surface area contributed by atoms with Crippen molar-refractivity contribution in [3.63, 3.8) is 0 Å². The fourth-order valence-electron chi connectivity index (χ4n) is 2.73. The molecule has 2 fully saturated rings. The van der Waals surface area contributed by atoms with Crippen LogP contribution in [0.2, 0.25) is 0 Å². The molecule has 2 saturated carbocycles. The van der Waals surface area contributed by atoms with Gasteiger partial charge < -0.3 is 9.47 Å². The molecule has 0 N–H and O–H groups in total. The first-order chi connectivity index (χ1) is 5.74. The molecule has 0 saturated heterocycles. The number of ether oxygens (including phenoxy) is 2. The van der Waals surface area contributed by atoms with E-state index in [1.54, 1.807) is 14.2 Å². The lowest BCUT2D eigenvalue weighted by atomic mass is 10.0. The van der Waals surface area contributed by atoms with E-state index in [4.69, 9.17) is 9.47 Å². The van der Waals surface area contributed by atoms with Gasteiger partial charge in [-0.2, -0.15) is 0 Å². The Morgan fingerprint density at radius 1 is 1.50 bits per heavy atom. The maximum Gasteiger partial charge on any atom is 0.127 e. The molecule has 0 bridgehead atoms. The second kappa shape index (κ2) is 2.67. The summed E-state index contributed by atoms with van der Waals surface area (Å²) in [5.74, 6) is 0.511. The summed E-state index contributed by atoms with van der Waals surface area (Å²) in [5.41, 5.74) is 0.0307. The smallest absolute Gasteiger partial charge is 0.127 e. The molecule has 4 atom stereocenters. The summed E-state index contributed by atoms with van der Waals surface area (Å²) in [6.07, 6.45) is 0.757. The first kappa shape index (κ1) is 8.45. The van der Waals surface area contributed by atoms with Crippen molar-refractivity contribution in [3.8, 4) is 0 Å². The monoisotopic (exact) mass is 174 g/mol. The molecular formula is C9H15FO2. The van der Waals surface area contributed by atoms with E-state index in [1.807, 2.05) is 0 Å². The van der Waals surface area contributed by atoms with Gasteiger partial charge in [0, 0.05) is 19.6 Å². The zero-order chi connectivity index (χ0) is 8.77. The molecule has 2 nitrogen and oxygen atoms in total. The highest BCUT2D eigenvalue weighted by atomic mass is 19.1. The van der Waals surface area contributed by atoms with Crippen molar-refractivity contribution >= 4 is 0 Å². The van der Waals surface area contributed by atoms with E-state index in [9.17, 15) is 4.39 Å². The number of alkyl halides is 1. The molecule has 0 aromatic rings. The van der Waals surface area contributed by atoms with Gasteiger partial charge in [-0.3, -0.25) is 0 Å². The lowest BCUT2D eigenvalue weighted by Gasteiger charge is -2.22. The van der Waals surface area contributed by atoms with Gasteiger partial charge in [-0.25, -0.2) is 4.39 Å². The molecule has 0 aliphatic heterocycles. The molecule has 3 heteroatoms. The summed E-state index contributed by atoms with van der Waals surface area (Å²) in [6.45, 7) is 0.649. The van der Waals surface area contributed by atoms with Crippen LogP contribution in [0.3, 0.4) is 0 Å². The molecule has 0 spiro atoms. The lowest BCUT2D eigenvalue weighted by molar-refractivity contribution is -0.0254. The van der Waals surface area contributed by atoms with Crippen molar-refractivity contribution in [2.45, 2.75) is 25.1 Å². The van der Waals surface area contributed by atoms with Crippen LogP contribution in [-0.2, 0) is 9.47 Å². The molecule has 0 aromatic heterocycles. The van der Waals surface area contributed by atoms with E-state index in [0.717, 1.165) is 6.42 Å². The highest BCUT2D eigenvalue weighted by molar-refractivity contribution is 5.15. The SMILES string of the molecule is COCC12C[C@@H]1C[C@H](F)[C@@H]2OC. The normalized spacial score (nSPS) is 50.8. The van der Waals surface area contributed by atoms with Gasteiger partial charge in [0.15, 0.2) is 0 Å². The van der Waals surface area contributed by atoms with Gasteiger partial charge in [-0.15, -0.1) is 0 Å². The molecular weight excluding hydrogens is 159 g/mol. The quantitative estimate of drug-likeness (QED) is 0.643. The first-order valence-corrected chi connectivity index (χ1v) is 4.40. The minimum atomic E-state index is -0.774. The average Bonchev–Trinajstić information content (AvgIpc) is 2.59. The van der Waals surface area contributed by atoms with Crippen molar-refractivity contribution in [2.75, 3.05) is 20.8 Å². The minimum absolute atomic E-state index is 0.0307. The summed E-state index contributed by atoms with van der Waals surface area (Å²) in [4.78, 5) is 0. The molecule has 70 valence electrons. The Labute approximate surface area is 72.0 Å². The largest absolute Gasteiger partial charge is 0.384 e. The third-order valence-electron chi connectivity index (χ3n) is 3.35. The standard InChI is InChI=1S/C9H15FO2/c1-11-5-9-4-6(9)3-7(10)8(9)12-2/h6-8H,3-5H2,1-2H3/t6-,7-,8-,9?/m0/s1. The summed E-state index contributed by atoms with van der Waals surface area (Å²) < 4.78 is 23.5. The topological polar surface area (TPSA) is 18.5 Å². The van der Waals surface area contributed by atoms with Crippen LogP contribution in [0.1, 0.15) is 12.8 Å². The van der Waals surface area contributed by atoms with Gasteiger partial charge >= 0.3 is 0 Å². The van der Waals surface area contributed by atoms with Gasteiger partial charge in [0.1, 0.15) is 6.17 Å². The van der Waals surface area contributed by atoms with Gasteiger partial charge in [-0.1, -0.05) is 0 Å². The summed E-state index contributed by atoms with van der Waals surface area (Å²) in [5, 5.41) is 0. The van der Waals surface area contributed by atoms with Crippen LogP contribution in [-0.4, -0.2) is 33.1 Å². The zero-order valence-corrected chi connectivity index (χ0v) is 7.55. The first-order valence-electron chi connectivity index (χ1n) is 4.40. The fraction of sp³-hybridized carbons (Fsp3) is 1.00. The van der Waals surface area contributed by atoms with Crippen LogP contribution in [0.5, 0.6) is 0 Å². The maximum absolute atomic E-state index is 13.3. The summed E-state index contributed by atoms with van der Waals surface area (Å²) in [6, 6.07) is 0. The molecule has 0 aromatic carbocycles. The Balaban J connectivity index is 2.07. The number of hydrogen-bond acceptors (Lipinski definition) is 2. The van der Waals surface area contributed by atoms with Gasteiger partial charge in [-0.05, 0) is 18.8 Å². The lowest BCUT2D eigenvalue weighted by Crippen LogP contribution is -2.32. The van der Waals surface area contributed by atoms with Crippen LogP contribution >= 0.6 is 0 Å². The fourth-order valence-corrected chi connectivity index (χ4v) is 2.73. The molecule has 2 aliphatic rings. The van der Waals surface area contributed by atoms with Crippen LogP contribution in [0.25, 0.3) is 0 Å². The molecule has 0 amide bonds. The molecule has 2 aliphatic carbocycles. The van der Waals surface area contributed by atoms with E-state index < -0.39 is 6.17 Å². The van der Waals surface area contributed by atoms with Crippen molar-refractivity contribution in [1.29, 1.82) is 0 Å². The highest BCUT2D eigenvalue weighted by Crippen LogP contribution is 2.64. The third kappa shape index (κ3) is 0.927. The number of methoxy groups -OCH3 is 2. The Morgan fingerprint density at radius 2 is 2.25 bits per heavy atom. The number of halogens is 1. The van der Waals surface area contributed by atoms with Crippen molar-refractivity contribution in [1.82, 2.24) is 0 Å². The number of fused-ring (bicyclic) bond motifs is 1. The Hall–Kier alpha value is -0.150. The predicted octanol–water partition coefficient (Wildman–Crippen LogP) is 1.40. The minimum Gasteiger partial charge on any atom is -0.384 e. The molecule has 12 heavy (non-hydrogen) atoms. The van der Waals surface area contributed by atoms with Crippen LogP contribution in [0.4, 0.5) is 4.39 Å². The summed E-state index contributed by atoms with van der Waals surface area (Å²) >= 11 is 0. The third-order valence-corrected chi connectivity index (χ3v) is 3.35. The van der Waals surface area contributed by atoms with Gasteiger partial charge in [0.2, 0.25) is 0 Å². The molecule has 0 heterocycles. The van der Waals surface area contributed by atoms with Crippen LogP contribution < -0.4 is 0 Å². The van der Waals surface area contributed by atoms with E-state index in [1.165, 1.54) is 0 Å². The van der Waals surface area contributed by atoms with E-state index in [0.29, 0.717) is 18.9 Å². The predicted molar refractivity (Wildman–Crippen MR) is 42.7 cm³/mol. The number of hydrogen-bond donors (Lipinski definition) is 0. The zero-order valence-electron chi connectivity index (χ0n) is 7.55. The Kier molecular flexibility index (Phi) is 1.88. The highest BCUT2D eigenvalue weighted by Gasteiger charge is 2.67. The Bertz CT molecular complexity index is 185. The maximum atomic E-state index is 13.3. The van der Waals surface area contributed by atoms with E-state index in [2.05, 4.69) is 0 Å². The second-order valence-electron chi connectivity index (χ2n) is 3.98. The van der Waals surface area contributed by atoms with Crippen molar-refractivity contribution in [2.24, 2.45) is 11.3 Å². The number of rotatable bonds is 3. The summed E-state index contributed by atoms with van der Waals surface area (Å²) in [7, 11) is 3.26. The van der Waals surface area contributed by atoms with Crippen LogP contribution in [0, 0.1) is 11.3 Å². The van der Waals surface area contributed by atoms with Gasteiger partial charge in [0.05, 0.1) is 12.7 Å². The Morgan fingerprint density at radius 3 is 2.83 bits per heavy atom. The average molecular weight is 174 g/mol. The van der Waals surface area contributed by atoms with Crippen molar-refractivity contribution < 1.29 is 13.9 Å². The van der Waals surface area contributed by atoms with Crippen molar-refractivity contribution in [3.05, 3.63) is 0 Å². The molecule has 1 unspecified atom stereocenters. The molecule has 2 rings (SSSR count).